The summed E-state index contributed by atoms with van der Waals surface area (Å²) in [5.41, 5.74) is 0.345. The van der Waals surface area contributed by atoms with Crippen molar-refractivity contribution in [2.75, 3.05) is 4.72 Å². The maximum Gasteiger partial charge on any atom is 0.314 e. The summed E-state index contributed by atoms with van der Waals surface area (Å²) in [6.07, 6.45) is 0. The third-order valence-electron chi connectivity index (χ3n) is 4.07. The monoisotopic (exact) mass is 451 g/mol. The number of aromatic nitrogens is 2. The molecule has 0 saturated carbocycles. The van der Waals surface area contributed by atoms with Crippen LogP contribution in [0.1, 0.15) is 26.3 Å². The summed E-state index contributed by atoms with van der Waals surface area (Å²) in [5, 5.41) is 0. The van der Waals surface area contributed by atoms with Crippen molar-refractivity contribution in [1.82, 2.24) is 9.97 Å². The molecule has 0 bridgehead atoms. The maximum absolute atomic E-state index is 12.8. The van der Waals surface area contributed by atoms with Crippen LogP contribution in [0, 0.1) is 0 Å². The number of anilines is 1. The van der Waals surface area contributed by atoms with Gasteiger partial charge >= 0.3 is 11.1 Å². The highest BCUT2D eigenvalue weighted by Crippen LogP contribution is 2.28. The van der Waals surface area contributed by atoms with Crippen LogP contribution in [-0.2, 0) is 15.4 Å². The van der Waals surface area contributed by atoms with E-state index >= 15 is 0 Å². The predicted molar refractivity (Wildman–Crippen MR) is 109 cm³/mol. The number of hydrogen-bond acceptors (Lipinski definition) is 4. The van der Waals surface area contributed by atoms with Crippen LogP contribution in [0.3, 0.4) is 0 Å². The first-order chi connectivity index (χ1) is 12.5. The highest BCUT2D eigenvalue weighted by atomic mass is 79.9. The van der Waals surface area contributed by atoms with Crippen molar-refractivity contribution in [1.29, 1.82) is 0 Å². The van der Waals surface area contributed by atoms with Crippen molar-refractivity contribution in [3.05, 3.63) is 67.1 Å². The fraction of sp³-hybridized carbons (Fsp3) is 0.222. The Hall–Kier alpha value is -2.39. The Morgan fingerprint density at radius 2 is 1.44 bits per heavy atom. The van der Waals surface area contributed by atoms with Crippen LogP contribution >= 0.6 is 15.9 Å². The Balaban J connectivity index is 2.02. The molecular weight excluding hydrogens is 434 g/mol. The molecule has 0 radical (unpaired) electrons. The van der Waals surface area contributed by atoms with Crippen LogP contribution in [-0.4, -0.2) is 18.4 Å². The lowest BCUT2D eigenvalue weighted by Gasteiger charge is -2.19. The lowest BCUT2D eigenvalue weighted by molar-refractivity contribution is 0.590. The van der Waals surface area contributed by atoms with Gasteiger partial charge in [-0.3, -0.25) is 14.3 Å². The second kappa shape index (κ2) is 6.65. The number of nitrogens with one attached hydrogen (secondary N) is 3. The molecule has 0 spiro atoms. The number of H-pyrrole nitrogens is 2. The molecule has 0 unspecified atom stereocenters. The Morgan fingerprint density at radius 3 is 1.96 bits per heavy atom. The second-order valence-electron chi connectivity index (χ2n) is 7.17. The van der Waals surface area contributed by atoms with Crippen LogP contribution < -0.4 is 15.8 Å². The van der Waals surface area contributed by atoms with E-state index in [-0.39, 0.29) is 20.3 Å². The highest BCUT2D eigenvalue weighted by molar-refractivity contribution is 9.10. The summed E-state index contributed by atoms with van der Waals surface area (Å²) >= 11 is 3.21. The van der Waals surface area contributed by atoms with Crippen LogP contribution in [0.15, 0.2) is 55.4 Å². The largest absolute Gasteiger partial charge is 0.316 e. The minimum absolute atomic E-state index is 0.0401. The van der Waals surface area contributed by atoms with E-state index in [1.807, 2.05) is 12.1 Å². The first kappa shape index (κ1) is 19.4. The second-order valence-corrected chi connectivity index (χ2v) is 9.67. The molecule has 0 amide bonds. The van der Waals surface area contributed by atoms with Gasteiger partial charge in [0.2, 0.25) is 0 Å². The van der Waals surface area contributed by atoms with E-state index in [4.69, 9.17) is 0 Å². The van der Waals surface area contributed by atoms with E-state index < -0.39 is 21.1 Å². The van der Waals surface area contributed by atoms with Gasteiger partial charge in [-0.05, 0) is 51.2 Å². The summed E-state index contributed by atoms with van der Waals surface area (Å²) in [6.45, 7) is 6.22. The number of fused-ring (bicyclic) bond motifs is 1. The lowest BCUT2D eigenvalue weighted by Crippen LogP contribution is -2.29. The van der Waals surface area contributed by atoms with Crippen molar-refractivity contribution < 1.29 is 8.42 Å². The Labute approximate surface area is 164 Å². The number of rotatable bonds is 3. The van der Waals surface area contributed by atoms with Gasteiger partial charge in [-0.25, -0.2) is 8.42 Å². The average Bonchev–Trinajstić information content (AvgIpc) is 2.55. The topological polar surface area (TPSA) is 112 Å². The number of aromatic amines is 2. The Bertz CT molecular complexity index is 1240. The average molecular weight is 452 g/mol. The molecule has 27 heavy (non-hydrogen) atoms. The summed E-state index contributed by atoms with van der Waals surface area (Å²) in [5.74, 6) is 0. The standard InChI is InChI=1S/C18H18BrN3O4S/c1-18(2,3)10-4-6-11(7-5-10)22-27(25,26)15-9-14-13(8-12(15)19)20-16(23)17(24)21-14/h4-9,22H,1-3H3,(H,20,23)(H,21,24). The molecular formula is C18H18BrN3O4S. The summed E-state index contributed by atoms with van der Waals surface area (Å²) in [7, 11) is -3.92. The quantitative estimate of drug-likeness (QED) is 0.531. The molecule has 3 rings (SSSR count). The smallest absolute Gasteiger partial charge is 0.314 e. The third-order valence-corrected chi connectivity index (χ3v) is 6.41. The van der Waals surface area contributed by atoms with Gasteiger partial charge in [-0.2, -0.15) is 0 Å². The number of halogens is 1. The molecule has 0 aliphatic heterocycles. The van der Waals surface area contributed by atoms with Crippen LogP contribution in [0.4, 0.5) is 5.69 Å². The first-order valence-corrected chi connectivity index (χ1v) is 10.3. The van der Waals surface area contributed by atoms with Gasteiger partial charge in [0.25, 0.3) is 10.0 Å². The normalized spacial score (nSPS) is 12.3. The summed E-state index contributed by atoms with van der Waals surface area (Å²) < 4.78 is 28.4. The molecule has 0 aliphatic carbocycles. The molecule has 0 fully saturated rings. The lowest BCUT2D eigenvalue weighted by atomic mass is 9.87. The molecule has 9 heteroatoms. The van der Waals surface area contributed by atoms with Crippen LogP contribution in [0.2, 0.25) is 0 Å². The van der Waals surface area contributed by atoms with Gasteiger partial charge < -0.3 is 9.97 Å². The molecule has 0 aliphatic rings. The van der Waals surface area contributed by atoms with Crippen LogP contribution in [0.25, 0.3) is 11.0 Å². The molecule has 2 aromatic carbocycles. The molecule has 0 atom stereocenters. The molecule has 7 nitrogen and oxygen atoms in total. The van der Waals surface area contributed by atoms with Gasteiger partial charge in [0.15, 0.2) is 0 Å². The minimum Gasteiger partial charge on any atom is -0.316 e. The Kier molecular flexibility index (Phi) is 4.77. The first-order valence-electron chi connectivity index (χ1n) is 8.06. The van der Waals surface area contributed by atoms with Crippen LogP contribution in [0.5, 0.6) is 0 Å². The summed E-state index contributed by atoms with van der Waals surface area (Å²) in [4.78, 5) is 27.6. The highest BCUT2D eigenvalue weighted by Gasteiger charge is 2.20. The molecule has 0 saturated heterocycles. The van der Waals surface area contributed by atoms with Crippen molar-refractivity contribution in [3.8, 4) is 0 Å². The fourth-order valence-electron chi connectivity index (χ4n) is 2.57. The predicted octanol–water partition coefficient (Wildman–Crippen LogP) is 3.08. The van der Waals surface area contributed by atoms with Gasteiger partial charge in [0, 0.05) is 10.2 Å². The number of hydrogen-bond donors (Lipinski definition) is 3. The van der Waals surface area contributed by atoms with Gasteiger partial charge in [-0.1, -0.05) is 32.9 Å². The summed E-state index contributed by atoms with van der Waals surface area (Å²) in [6, 6.07) is 9.87. The van der Waals surface area contributed by atoms with E-state index in [0.717, 1.165) is 5.56 Å². The van der Waals surface area contributed by atoms with Gasteiger partial charge in [0.1, 0.15) is 4.90 Å². The molecule has 3 aromatic rings. The Morgan fingerprint density at radius 1 is 0.926 bits per heavy atom. The van der Waals surface area contributed by atoms with E-state index in [2.05, 4.69) is 51.4 Å². The van der Waals surface area contributed by atoms with Crippen molar-refractivity contribution in [2.24, 2.45) is 0 Å². The molecule has 142 valence electrons. The molecule has 1 aromatic heterocycles. The van der Waals surface area contributed by atoms with Crippen molar-refractivity contribution >= 4 is 42.7 Å². The number of benzene rings is 2. The van der Waals surface area contributed by atoms with Crippen molar-refractivity contribution in [3.63, 3.8) is 0 Å². The zero-order valence-corrected chi connectivity index (χ0v) is 17.3. The van der Waals surface area contributed by atoms with E-state index in [1.54, 1.807) is 12.1 Å². The fourth-order valence-corrected chi connectivity index (χ4v) is 4.70. The van der Waals surface area contributed by atoms with Crippen molar-refractivity contribution in [2.45, 2.75) is 31.1 Å². The van der Waals surface area contributed by atoms with E-state index in [0.29, 0.717) is 11.2 Å². The maximum atomic E-state index is 12.8. The zero-order valence-electron chi connectivity index (χ0n) is 14.9. The SMILES string of the molecule is CC(C)(C)c1ccc(NS(=O)(=O)c2cc3[nH]c(=O)c(=O)[nH]c3cc2Br)cc1. The van der Waals surface area contributed by atoms with Gasteiger partial charge in [0.05, 0.1) is 11.0 Å². The van der Waals surface area contributed by atoms with E-state index in [1.165, 1.54) is 12.1 Å². The van der Waals surface area contributed by atoms with E-state index in [9.17, 15) is 18.0 Å². The third kappa shape index (κ3) is 3.98. The molecule has 3 N–H and O–H groups in total. The van der Waals surface area contributed by atoms with Gasteiger partial charge in [-0.15, -0.1) is 0 Å². The number of sulfonamides is 1. The molecule has 1 heterocycles. The zero-order chi connectivity index (χ0) is 20.0. The minimum atomic E-state index is -3.92.